The molecule has 0 aliphatic carbocycles. The summed E-state index contributed by atoms with van der Waals surface area (Å²) in [6, 6.07) is 6.58. The number of halogens is 1. The lowest BCUT2D eigenvalue weighted by Gasteiger charge is -2.27. The fraction of sp³-hybridized carbons (Fsp3) is 0.462. The number of hydrogen-bond acceptors (Lipinski definition) is 4. The molecular weight excluding hydrogens is 300 g/mol. The zero-order valence-electron chi connectivity index (χ0n) is 11.2. The number of hydrogen-bond donors (Lipinski definition) is 2. The highest BCUT2D eigenvalue weighted by molar-refractivity contribution is 7.91. The van der Waals surface area contributed by atoms with Crippen LogP contribution in [0, 0.1) is 5.92 Å². The average molecular weight is 319 g/mol. The van der Waals surface area contributed by atoms with Crippen LogP contribution in [0.2, 0.25) is 0 Å². The Morgan fingerprint density at radius 3 is 2.75 bits per heavy atom. The molecule has 1 heterocycles. The standard InChI is InChI=1S/C13H18N2O3S.ClH/c1-9(8-14)13(16)15-11-6-7-19(17,18)12-5-3-2-4-10(11)12;/h2-5,9,11H,6-8,14H2,1H3,(H,15,16);1H. The van der Waals surface area contributed by atoms with Crippen molar-refractivity contribution in [1.29, 1.82) is 0 Å². The quantitative estimate of drug-likeness (QED) is 0.871. The van der Waals surface area contributed by atoms with E-state index in [1.165, 1.54) is 0 Å². The van der Waals surface area contributed by atoms with Gasteiger partial charge in [0, 0.05) is 12.5 Å². The molecule has 1 aliphatic heterocycles. The average Bonchev–Trinajstić information content (AvgIpc) is 2.41. The van der Waals surface area contributed by atoms with Crippen molar-refractivity contribution in [2.75, 3.05) is 12.3 Å². The zero-order chi connectivity index (χ0) is 14.0. The molecule has 5 nitrogen and oxygen atoms in total. The maximum absolute atomic E-state index is 12.0. The Kier molecular flexibility index (Phi) is 5.56. The number of benzene rings is 1. The van der Waals surface area contributed by atoms with E-state index in [2.05, 4.69) is 5.32 Å². The van der Waals surface area contributed by atoms with Crippen LogP contribution >= 0.6 is 12.4 Å². The van der Waals surface area contributed by atoms with Gasteiger partial charge in [0.1, 0.15) is 0 Å². The SMILES string of the molecule is CC(CN)C(=O)NC1CCS(=O)(=O)c2ccccc21.Cl. The molecule has 112 valence electrons. The number of sulfone groups is 1. The van der Waals surface area contributed by atoms with Crippen LogP contribution in [0.15, 0.2) is 29.2 Å². The van der Waals surface area contributed by atoms with E-state index in [9.17, 15) is 13.2 Å². The van der Waals surface area contributed by atoms with Gasteiger partial charge in [-0.25, -0.2) is 8.42 Å². The first kappa shape index (κ1) is 16.9. The van der Waals surface area contributed by atoms with Crippen molar-refractivity contribution in [3.63, 3.8) is 0 Å². The van der Waals surface area contributed by atoms with Gasteiger partial charge in [-0.05, 0) is 18.1 Å². The summed E-state index contributed by atoms with van der Waals surface area (Å²) in [5.74, 6) is -0.348. The second kappa shape index (κ2) is 6.56. The van der Waals surface area contributed by atoms with Crippen LogP contribution in [-0.4, -0.2) is 26.6 Å². The van der Waals surface area contributed by atoms with E-state index in [1.807, 2.05) is 0 Å². The van der Waals surface area contributed by atoms with Crippen molar-refractivity contribution >= 4 is 28.2 Å². The van der Waals surface area contributed by atoms with Crippen molar-refractivity contribution in [3.05, 3.63) is 29.8 Å². The summed E-state index contributed by atoms with van der Waals surface area (Å²) in [4.78, 5) is 12.2. The summed E-state index contributed by atoms with van der Waals surface area (Å²) in [5, 5.41) is 2.88. The van der Waals surface area contributed by atoms with Gasteiger partial charge in [0.15, 0.2) is 9.84 Å². The zero-order valence-corrected chi connectivity index (χ0v) is 12.8. The lowest BCUT2D eigenvalue weighted by atomic mass is 10.0. The molecule has 2 unspecified atom stereocenters. The van der Waals surface area contributed by atoms with E-state index in [4.69, 9.17) is 5.73 Å². The van der Waals surface area contributed by atoms with E-state index in [0.717, 1.165) is 0 Å². The maximum Gasteiger partial charge on any atom is 0.224 e. The Labute approximate surface area is 125 Å². The van der Waals surface area contributed by atoms with Gasteiger partial charge in [-0.1, -0.05) is 25.1 Å². The van der Waals surface area contributed by atoms with Crippen molar-refractivity contribution in [1.82, 2.24) is 5.32 Å². The molecule has 2 rings (SSSR count). The molecule has 2 atom stereocenters. The second-order valence-corrected chi connectivity index (χ2v) is 6.92. The van der Waals surface area contributed by atoms with Crippen LogP contribution in [0.5, 0.6) is 0 Å². The minimum absolute atomic E-state index is 0. The number of amides is 1. The van der Waals surface area contributed by atoms with Crippen LogP contribution in [0.4, 0.5) is 0 Å². The summed E-state index contributed by atoms with van der Waals surface area (Å²) in [7, 11) is -3.21. The van der Waals surface area contributed by atoms with Crippen LogP contribution in [0.25, 0.3) is 0 Å². The highest BCUT2D eigenvalue weighted by Gasteiger charge is 2.31. The Balaban J connectivity index is 0.00000200. The molecule has 3 N–H and O–H groups in total. The first-order chi connectivity index (χ1) is 8.95. The summed E-state index contributed by atoms with van der Waals surface area (Å²) < 4.78 is 23.9. The van der Waals surface area contributed by atoms with E-state index >= 15 is 0 Å². The van der Waals surface area contributed by atoms with Crippen molar-refractivity contribution in [3.8, 4) is 0 Å². The smallest absolute Gasteiger partial charge is 0.224 e. The number of nitrogens with two attached hydrogens (primary N) is 1. The van der Waals surface area contributed by atoms with Crippen molar-refractivity contribution < 1.29 is 13.2 Å². The summed E-state index contributed by atoms with van der Waals surface area (Å²) in [5.41, 5.74) is 6.13. The second-order valence-electron chi connectivity index (χ2n) is 4.84. The van der Waals surface area contributed by atoms with E-state index in [-0.39, 0.29) is 42.6 Å². The topological polar surface area (TPSA) is 89.3 Å². The van der Waals surface area contributed by atoms with Gasteiger partial charge in [0.05, 0.1) is 16.7 Å². The van der Waals surface area contributed by atoms with E-state index in [0.29, 0.717) is 16.9 Å². The molecule has 20 heavy (non-hydrogen) atoms. The Hall–Kier alpha value is -1.11. The number of carbonyl (C=O) groups excluding carboxylic acids is 1. The summed E-state index contributed by atoms with van der Waals surface area (Å²) >= 11 is 0. The minimum atomic E-state index is -3.21. The molecule has 0 aromatic heterocycles. The molecule has 0 saturated heterocycles. The fourth-order valence-corrected chi connectivity index (χ4v) is 3.78. The first-order valence-electron chi connectivity index (χ1n) is 6.28. The highest BCUT2D eigenvalue weighted by atomic mass is 35.5. The Bertz CT molecular complexity index is 589. The van der Waals surface area contributed by atoms with Crippen LogP contribution < -0.4 is 11.1 Å². The Morgan fingerprint density at radius 1 is 1.45 bits per heavy atom. The van der Waals surface area contributed by atoms with Gasteiger partial charge in [-0.15, -0.1) is 12.4 Å². The van der Waals surface area contributed by atoms with Gasteiger partial charge in [0.2, 0.25) is 5.91 Å². The van der Waals surface area contributed by atoms with E-state index in [1.54, 1.807) is 31.2 Å². The number of rotatable bonds is 3. The van der Waals surface area contributed by atoms with Crippen LogP contribution in [-0.2, 0) is 14.6 Å². The van der Waals surface area contributed by atoms with E-state index < -0.39 is 9.84 Å². The molecule has 7 heteroatoms. The molecule has 1 aliphatic rings. The lowest BCUT2D eigenvalue weighted by molar-refractivity contribution is -0.125. The predicted octanol–water partition coefficient (Wildman–Crippen LogP) is 1.04. The Morgan fingerprint density at radius 2 is 2.10 bits per heavy atom. The third kappa shape index (κ3) is 3.31. The molecule has 0 saturated carbocycles. The molecule has 0 bridgehead atoms. The van der Waals surface area contributed by atoms with Crippen LogP contribution in [0.1, 0.15) is 24.9 Å². The van der Waals surface area contributed by atoms with Crippen molar-refractivity contribution in [2.24, 2.45) is 11.7 Å². The van der Waals surface area contributed by atoms with Crippen LogP contribution in [0.3, 0.4) is 0 Å². The molecule has 1 aromatic rings. The maximum atomic E-state index is 12.0. The number of carbonyl (C=O) groups is 1. The van der Waals surface area contributed by atoms with Crippen molar-refractivity contribution in [2.45, 2.75) is 24.3 Å². The monoisotopic (exact) mass is 318 g/mol. The largest absolute Gasteiger partial charge is 0.349 e. The minimum Gasteiger partial charge on any atom is -0.349 e. The van der Waals surface area contributed by atoms with Gasteiger partial charge in [0.25, 0.3) is 0 Å². The third-order valence-corrected chi connectivity index (χ3v) is 5.24. The molecule has 0 radical (unpaired) electrons. The van der Waals surface area contributed by atoms with Gasteiger partial charge < -0.3 is 11.1 Å². The molecule has 1 amide bonds. The first-order valence-corrected chi connectivity index (χ1v) is 7.93. The van der Waals surface area contributed by atoms with Gasteiger partial charge >= 0.3 is 0 Å². The molecule has 0 spiro atoms. The number of fused-ring (bicyclic) bond motifs is 1. The van der Waals surface area contributed by atoms with Gasteiger partial charge in [-0.2, -0.15) is 0 Å². The fourth-order valence-electron chi connectivity index (χ4n) is 2.16. The number of nitrogens with one attached hydrogen (secondary N) is 1. The lowest BCUT2D eigenvalue weighted by Crippen LogP contribution is -2.38. The molecule has 1 aromatic carbocycles. The highest BCUT2D eigenvalue weighted by Crippen LogP contribution is 2.31. The van der Waals surface area contributed by atoms with Gasteiger partial charge in [-0.3, -0.25) is 4.79 Å². The third-order valence-electron chi connectivity index (χ3n) is 3.42. The molecule has 0 fully saturated rings. The summed E-state index contributed by atoms with van der Waals surface area (Å²) in [6.07, 6.45) is 0.405. The summed E-state index contributed by atoms with van der Waals surface area (Å²) in [6.45, 7) is 2.03. The predicted molar refractivity (Wildman–Crippen MR) is 79.5 cm³/mol. The normalized spacial score (nSPS) is 21.2. The molecular formula is C13H19ClN2O3S.